The van der Waals surface area contributed by atoms with E-state index in [9.17, 15) is 13.2 Å². The Kier molecular flexibility index (Phi) is 4.78. The van der Waals surface area contributed by atoms with Gasteiger partial charge in [0.25, 0.3) is 0 Å². The molecule has 24 heavy (non-hydrogen) atoms. The number of halogens is 4. The van der Waals surface area contributed by atoms with Gasteiger partial charge in [0.2, 0.25) is 0 Å². The van der Waals surface area contributed by atoms with Gasteiger partial charge in [-0.3, -0.25) is 0 Å². The van der Waals surface area contributed by atoms with Crippen LogP contribution in [0.15, 0.2) is 70.8 Å². The molecule has 7 heteroatoms. The molecule has 0 atom stereocenters. The van der Waals surface area contributed by atoms with Gasteiger partial charge in [-0.25, -0.2) is 9.97 Å². The summed E-state index contributed by atoms with van der Waals surface area (Å²) in [6.07, 6.45) is -2.80. The third-order valence-electron chi connectivity index (χ3n) is 3.14. The van der Waals surface area contributed by atoms with Crippen molar-refractivity contribution < 1.29 is 13.2 Å². The number of hydrogen-bond donors (Lipinski definition) is 0. The Balaban J connectivity index is 1.86. The molecule has 1 heterocycles. The lowest BCUT2D eigenvalue weighted by Crippen LogP contribution is -2.04. The van der Waals surface area contributed by atoms with E-state index in [1.165, 1.54) is 6.07 Å². The van der Waals surface area contributed by atoms with Crippen LogP contribution in [-0.4, -0.2) is 9.97 Å². The zero-order chi connectivity index (χ0) is 17.2. The van der Waals surface area contributed by atoms with E-state index in [0.717, 1.165) is 29.5 Å². The van der Waals surface area contributed by atoms with Crippen molar-refractivity contribution in [3.8, 4) is 11.3 Å². The molecule has 2 aromatic carbocycles. The average molecular weight is 367 g/mol. The molecular weight excluding hydrogens is 357 g/mol. The highest BCUT2D eigenvalue weighted by atomic mass is 35.5. The van der Waals surface area contributed by atoms with Gasteiger partial charge in [0.15, 0.2) is 5.16 Å². The monoisotopic (exact) mass is 366 g/mol. The highest BCUT2D eigenvalue weighted by Gasteiger charge is 2.30. The first kappa shape index (κ1) is 16.8. The van der Waals surface area contributed by atoms with Gasteiger partial charge < -0.3 is 0 Å². The summed E-state index contributed by atoms with van der Waals surface area (Å²) < 4.78 is 38.3. The molecule has 3 aromatic rings. The Labute approximate surface area is 145 Å². The number of nitrogens with zero attached hydrogens (tertiary/aromatic N) is 2. The number of alkyl halides is 3. The summed E-state index contributed by atoms with van der Waals surface area (Å²) in [7, 11) is 0. The Morgan fingerprint density at radius 1 is 0.958 bits per heavy atom. The quantitative estimate of drug-likeness (QED) is 0.534. The van der Waals surface area contributed by atoms with Crippen LogP contribution in [0.25, 0.3) is 11.3 Å². The maximum Gasteiger partial charge on any atom is 0.416 e. The van der Waals surface area contributed by atoms with Crippen LogP contribution in [0.3, 0.4) is 0 Å². The normalized spacial score (nSPS) is 11.5. The van der Waals surface area contributed by atoms with Gasteiger partial charge in [-0.1, -0.05) is 29.8 Å². The van der Waals surface area contributed by atoms with E-state index in [-0.39, 0.29) is 0 Å². The molecule has 0 radical (unpaired) electrons. The smallest absolute Gasteiger partial charge is 0.231 e. The van der Waals surface area contributed by atoms with E-state index < -0.39 is 11.7 Å². The molecule has 122 valence electrons. The number of aromatic nitrogens is 2. The summed E-state index contributed by atoms with van der Waals surface area (Å²) in [5, 5.41) is 0.994. The summed E-state index contributed by atoms with van der Waals surface area (Å²) in [6, 6.07) is 14.0. The molecule has 0 aliphatic carbocycles. The van der Waals surface area contributed by atoms with Crippen molar-refractivity contribution in [2.24, 2.45) is 0 Å². The second-order valence-electron chi connectivity index (χ2n) is 4.86. The first-order valence-electron chi connectivity index (χ1n) is 6.86. The van der Waals surface area contributed by atoms with Gasteiger partial charge in [-0.2, -0.15) is 13.2 Å². The molecule has 0 aliphatic heterocycles. The van der Waals surface area contributed by atoms with E-state index in [1.807, 2.05) is 12.1 Å². The van der Waals surface area contributed by atoms with Crippen molar-refractivity contribution in [2.45, 2.75) is 16.2 Å². The third-order valence-corrected chi connectivity index (χ3v) is 4.26. The van der Waals surface area contributed by atoms with Crippen LogP contribution >= 0.6 is 23.4 Å². The van der Waals surface area contributed by atoms with E-state index in [4.69, 9.17) is 11.6 Å². The summed E-state index contributed by atoms with van der Waals surface area (Å²) in [4.78, 5) is 8.93. The van der Waals surface area contributed by atoms with E-state index in [0.29, 0.717) is 20.8 Å². The van der Waals surface area contributed by atoms with Crippen molar-refractivity contribution in [1.82, 2.24) is 9.97 Å². The number of hydrogen-bond acceptors (Lipinski definition) is 3. The van der Waals surface area contributed by atoms with Gasteiger partial charge in [0.1, 0.15) is 0 Å². The number of rotatable bonds is 3. The van der Waals surface area contributed by atoms with Crippen LogP contribution in [0, 0.1) is 0 Å². The first-order chi connectivity index (χ1) is 11.4. The van der Waals surface area contributed by atoms with Crippen LogP contribution in [-0.2, 0) is 6.18 Å². The van der Waals surface area contributed by atoms with E-state index in [2.05, 4.69) is 9.97 Å². The molecule has 0 unspecified atom stereocenters. The molecule has 1 aromatic heterocycles. The standard InChI is InChI=1S/C17H10ClF3N2S/c18-13-6-4-11(5-7-13)15-8-9-22-16(23-15)24-14-3-1-2-12(10-14)17(19,20)21/h1-10H. The topological polar surface area (TPSA) is 25.8 Å². The van der Waals surface area contributed by atoms with E-state index >= 15 is 0 Å². The number of benzene rings is 2. The fourth-order valence-corrected chi connectivity index (χ4v) is 2.94. The van der Waals surface area contributed by atoms with Crippen LogP contribution in [0.1, 0.15) is 5.56 Å². The molecule has 0 fully saturated rings. The Morgan fingerprint density at radius 3 is 2.42 bits per heavy atom. The van der Waals surface area contributed by atoms with E-state index in [1.54, 1.807) is 30.5 Å². The summed E-state index contributed by atoms with van der Waals surface area (Å²) >= 11 is 6.94. The Bertz CT molecular complexity index is 851. The Morgan fingerprint density at radius 2 is 1.71 bits per heavy atom. The highest BCUT2D eigenvalue weighted by molar-refractivity contribution is 7.99. The summed E-state index contributed by atoms with van der Waals surface area (Å²) in [5.74, 6) is 0. The molecule has 0 aliphatic rings. The largest absolute Gasteiger partial charge is 0.416 e. The van der Waals surface area contributed by atoms with Crippen molar-refractivity contribution in [1.29, 1.82) is 0 Å². The fourth-order valence-electron chi connectivity index (χ4n) is 2.01. The third kappa shape index (κ3) is 4.07. The molecule has 0 saturated heterocycles. The van der Waals surface area contributed by atoms with Gasteiger partial charge in [0.05, 0.1) is 11.3 Å². The molecule has 0 saturated carbocycles. The van der Waals surface area contributed by atoms with Crippen molar-refractivity contribution in [3.05, 3.63) is 71.4 Å². The highest BCUT2D eigenvalue weighted by Crippen LogP contribution is 2.33. The van der Waals surface area contributed by atoms with Crippen molar-refractivity contribution >= 4 is 23.4 Å². The minimum atomic E-state index is -4.37. The van der Waals surface area contributed by atoms with Gasteiger partial charge in [0, 0.05) is 21.7 Å². The van der Waals surface area contributed by atoms with Crippen LogP contribution < -0.4 is 0 Å². The molecular formula is C17H10ClF3N2S. The first-order valence-corrected chi connectivity index (χ1v) is 8.05. The zero-order valence-electron chi connectivity index (χ0n) is 12.1. The molecule has 3 rings (SSSR count). The second kappa shape index (κ2) is 6.83. The molecule has 0 amide bonds. The predicted octanol–water partition coefficient (Wildman–Crippen LogP) is 5.97. The predicted molar refractivity (Wildman–Crippen MR) is 88.0 cm³/mol. The Hall–Kier alpha value is -2.05. The lowest BCUT2D eigenvalue weighted by Gasteiger charge is -2.08. The van der Waals surface area contributed by atoms with Crippen LogP contribution in [0.2, 0.25) is 5.02 Å². The van der Waals surface area contributed by atoms with Crippen molar-refractivity contribution in [3.63, 3.8) is 0 Å². The van der Waals surface area contributed by atoms with Gasteiger partial charge in [-0.15, -0.1) is 0 Å². The summed E-state index contributed by atoms with van der Waals surface area (Å²) in [5.41, 5.74) is 0.838. The molecule has 2 nitrogen and oxygen atoms in total. The van der Waals surface area contributed by atoms with Gasteiger partial charge in [-0.05, 0) is 48.2 Å². The molecule has 0 N–H and O–H groups in total. The van der Waals surface area contributed by atoms with Crippen LogP contribution in [0.4, 0.5) is 13.2 Å². The minimum absolute atomic E-state index is 0.377. The van der Waals surface area contributed by atoms with Crippen molar-refractivity contribution in [2.75, 3.05) is 0 Å². The van der Waals surface area contributed by atoms with Gasteiger partial charge >= 0.3 is 6.18 Å². The zero-order valence-corrected chi connectivity index (χ0v) is 13.7. The SMILES string of the molecule is FC(F)(F)c1cccc(Sc2nccc(-c3ccc(Cl)cc3)n2)c1. The van der Waals surface area contributed by atoms with Crippen LogP contribution in [0.5, 0.6) is 0 Å². The second-order valence-corrected chi connectivity index (χ2v) is 6.34. The average Bonchev–Trinajstić information content (AvgIpc) is 2.55. The molecule has 0 spiro atoms. The molecule has 0 bridgehead atoms. The lowest BCUT2D eigenvalue weighted by molar-refractivity contribution is -0.137. The lowest BCUT2D eigenvalue weighted by atomic mass is 10.1. The maximum atomic E-state index is 12.8. The fraction of sp³-hybridized carbons (Fsp3) is 0.0588. The summed E-state index contributed by atoms with van der Waals surface area (Å²) in [6.45, 7) is 0. The minimum Gasteiger partial charge on any atom is -0.231 e. The maximum absolute atomic E-state index is 12.8.